The van der Waals surface area contributed by atoms with Gasteiger partial charge in [-0.15, -0.1) is 0 Å². The molecule has 1 N–H and O–H groups in total. The molecular formula is C20H15F2NO2. The zero-order valence-electron chi connectivity index (χ0n) is 13.2. The Morgan fingerprint density at radius 1 is 0.880 bits per heavy atom. The van der Waals surface area contributed by atoms with Gasteiger partial charge in [0.15, 0.2) is 18.2 Å². The molecule has 0 aliphatic rings. The summed E-state index contributed by atoms with van der Waals surface area (Å²) in [5.41, 5.74) is 2.01. The molecule has 126 valence electrons. The van der Waals surface area contributed by atoms with Crippen LogP contribution in [-0.4, -0.2) is 12.5 Å². The number of hydrogen-bond acceptors (Lipinski definition) is 2. The van der Waals surface area contributed by atoms with Gasteiger partial charge >= 0.3 is 0 Å². The van der Waals surface area contributed by atoms with E-state index < -0.39 is 17.5 Å². The van der Waals surface area contributed by atoms with Gasteiger partial charge in [0, 0.05) is 17.3 Å². The number of halogens is 2. The molecule has 0 aromatic heterocycles. The van der Waals surface area contributed by atoms with Gasteiger partial charge in [-0.1, -0.05) is 48.5 Å². The monoisotopic (exact) mass is 339 g/mol. The third-order valence-electron chi connectivity index (χ3n) is 3.53. The summed E-state index contributed by atoms with van der Waals surface area (Å²) in [6.07, 6.45) is 0. The summed E-state index contributed by atoms with van der Waals surface area (Å²) in [4.78, 5) is 12.0. The van der Waals surface area contributed by atoms with E-state index in [0.717, 1.165) is 23.3 Å². The van der Waals surface area contributed by atoms with Crippen LogP contribution in [-0.2, 0) is 4.79 Å². The van der Waals surface area contributed by atoms with Gasteiger partial charge in [-0.25, -0.2) is 8.78 Å². The van der Waals surface area contributed by atoms with Crippen LogP contribution >= 0.6 is 0 Å². The van der Waals surface area contributed by atoms with Crippen LogP contribution in [0.3, 0.4) is 0 Å². The Morgan fingerprint density at radius 3 is 2.36 bits per heavy atom. The standard InChI is InChI=1S/C20H15F2NO2/c21-17-11-10-15(12-18(17)22)23-20(24)13-25-19-9-5-4-8-16(19)14-6-2-1-3-7-14/h1-12H,13H2,(H,23,24). The van der Waals surface area contributed by atoms with Crippen LogP contribution in [0.1, 0.15) is 0 Å². The molecule has 0 radical (unpaired) electrons. The van der Waals surface area contributed by atoms with Gasteiger partial charge in [0.05, 0.1) is 0 Å². The molecule has 0 spiro atoms. The molecule has 0 saturated heterocycles. The zero-order chi connectivity index (χ0) is 17.6. The van der Waals surface area contributed by atoms with Crippen LogP contribution < -0.4 is 10.1 Å². The summed E-state index contributed by atoms with van der Waals surface area (Å²) in [5, 5.41) is 2.47. The fourth-order valence-corrected chi connectivity index (χ4v) is 2.36. The molecule has 0 aliphatic carbocycles. The highest BCUT2D eigenvalue weighted by atomic mass is 19.2. The maximum absolute atomic E-state index is 13.2. The van der Waals surface area contributed by atoms with Crippen LogP contribution in [0.25, 0.3) is 11.1 Å². The van der Waals surface area contributed by atoms with E-state index in [2.05, 4.69) is 5.32 Å². The largest absolute Gasteiger partial charge is 0.483 e. The smallest absolute Gasteiger partial charge is 0.262 e. The summed E-state index contributed by atoms with van der Waals surface area (Å²) < 4.78 is 31.7. The van der Waals surface area contributed by atoms with E-state index in [1.54, 1.807) is 6.07 Å². The van der Waals surface area contributed by atoms with Crippen molar-refractivity contribution in [3.05, 3.63) is 84.4 Å². The number of anilines is 1. The SMILES string of the molecule is O=C(COc1ccccc1-c1ccccc1)Nc1ccc(F)c(F)c1. The first-order valence-corrected chi connectivity index (χ1v) is 7.65. The summed E-state index contributed by atoms with van der Waals surface area (Å²) in [6, 6.07) is 20.2. The highest BCUT2D eigenvalue weighted by molar-refractivity contribution is 5.92. The molecule has 0 bridgehead atoms. The van der Waals surface area contributed by atoms with Crippen molar-refractivity contribution in [3.63, 3.8) is 0 Å². The van der Waals surface area contributed by atoms with Crippen molar-refractivity contribution in [3.8, 4) is 16.9 Å². The van der Waals surface area contributed by atoms with Crippen molar-refractivity contribution in [2.45, 2.75) is 0 Å². The molecule has 0 fully saturated rings. The first-order valence-electron chi connectivity index (χ1n) is 7.65. The predicted octanol–water partition coefficient (Wildman–Crippen LogP) is 4.65. The maximum Gasteiger partial charge on any atom is 0.262 e. The number of ether oxygens (including phenoxy) is 1. The average molecular weight is 339 g/mol. The first-order chi connectivity index (χ1) is 12.1. The summed E-state index contributed by atoms with van der Waals surface area (Å²) >= 11 is 0. The zero-order valence-corrected chi connectivity index (χ0v) is 13.2. The molecule has 0 aliphatic heterocycles. The van der Waals surface area contributed by atoms with Crippen molar-refractivity contribution in [1.82, 2.24) is 0 Å². The Morgan fingerprint density at radius 2 is 1.60 bits per heavy atom. The van der Waals surface area contributed by atoms with Gasteiger partial charge in [-0.2, -0.15) is 0 Å². The minimum atomic E-state index is -1.02. The van der Waals surface area contributed by atoms with Crippen molar-refractivity contribution in [2.75, 3.05) is 11.9 Å². The third kappa shape index (κ3) is 4.20. The molecule has 5 heteroatoms. The summed E-state index contributed by atoms with van der Waals surface area (Å²) in [6.45, 7) is -0.247. The van der Waals surface area contributed by atoms with E-state index in [-0.39, 0.29) is 12.3 Å². The van der Waals surface area contributed by atoms with E-state index >= 15 is 0 Å². The predicted molar refractivity (Wildman–Crippen MR) is 92.4 cm³/mol. The van der Waals surface area contributed by atoms with Gasteiger partial charge in [0.1, 0.15) is 5.75 Å². The number of para-hydroxylation sites is 1. The Bertz CT molecular complexity index is 882. The van der Waals surface area contributed by atoms with E-state index in [1.165, 1.54) is 6.07 Å². The summed E-state index contributed by atoms with van der Waals surface area (Å²) in [5.74, 6) is -1.89. The quantitative estimate of drug-likeness (QED) is 0.735. The van der Waals surface area contributed by atoms with Crippen LogP contribution in [0.15, 0.2) is 72.8 Å². The van der Waals surface area contributed by atoms with Crippen molar-refractivity contribution >= 4 is 11.6 Å². The fraction of sp³-hybridized carbons (Fsp3) is 0.0500. The Kier molecular flexibility index (Phi) is 5.04. The van der Waals surface area contributed by atoms with Gasteiger partial charge in [-0.3, -0.25) is 4.79 Å². The second kappa shape index (κ2) is 7.57. The molecule has 25 heavy (non-hydrogen) atoms. The molecule has 0 saturated carbocycles. The molecule has 3 rings (SSSR count). The van der Waals surface area contributed by atoms with E-state index in [9.17, 15) is 13.6 Å². The van der Waals surface area contributed by atoms with E-state index in [0.29, 0.717) is 5.75 Å². The molecule has 3 aromatic carbocycles. The number of nitrogens with one attached hydrogen (secondary N) is 1. The van der Waals surface area contributed by atoms with Crippen molar-refractivity contribution in [2.24, 2.45) is 0 Å². The summed E-state index contributed by atoms with van der Waals surface area (Å²) in [7, 11) is 0. The highest BCUT2D eigenvalue weighted by Crippen LogP contribution is 2.29. The van der Waals surface area contributed by atoms with Crippen LogP contribution in [0.2, 0.25) is 0 Å². The minimum absolute atomic E-state index is 0.170. The second-order valence-electron chi connectivity index (χ2n) is 5.33. The lowest BCUT2D eigenvalue weighted by molar-refractivity contribution is -0.118. The number of amides is 1. The first kappa shape index (κ1) is 16.6. The molecule has 3 aromatic rings. The lowest BCUT2D eigenvalue weighted by Gasteiger charge is -2.12. The Balaban J connectivity index is 1.67. The Labute approximate surface area is 143 Å². The molecule has 3 nitrogen and oxygen atoms in total. The fourth-order valence-electron chi connectivity index (χ4n) is 2.36. The van der Waals surface area contributed by atoms with Crippen molar-refractivity contribution in [1.29, 1.82) is 0 Å². The van der Waals surface area contributed by atoms with Crippen molar-refractivity contribution < 1.29 is 18.3 Å². The van der Waals surface area contributed by atoms with Gasteiger partial charge in [0.2, 0.25) is 0 Å². The number of carbonyl (C=O) groups excluding carboxylic acids is 1. The topological polar surface area (TPSA) is 38.3 Å². The molecular weight excluding hydrogens is 324 g/mol. The molecule has 0 atom stereocenters. The number of carbonyl (C=O) groups is 1. The van der Waals surface area contributed by atoms with Crippen LogP contribution in [0.5, 0.6) is 5.75 Å². The Hall–Kier alpha value is -3.21. The number of rotatable bonds is 5. The molecule has 0 heterocycles. The lowest BCUT2D eigenvalue weighted by Crippen LogP contribution is -2.20. The molecule has 1 amide bonds. The number of benzene rings is 3. The maximum atomic E-state index is 13.2. The third-order valence-corrected chi connectivity index (χ3v) is 3.53. The van der Waals surface area contributed by atoms with E-state index in [1.807, 2.05) is 48.5 Å². The normalized spacial score (nSPS) is 10.3. The average Bonchev–Trinajstić information content (AvgIpc) is 2.64. The second-order valence-corrected chi connectivity index (χ2v) is 5.33. The van der Waals surface area contributed by atoms with Gasteiger partial charge in [-0.05, 0) is 23.8 Å². The highest BCUT2D eigenvalue weighted by Gasteiger charge is 2.10. The number of hydrogen-bond donors (Lipinski definition) is 1. The van der Waals surface area contributed by atoms with Gasteiger partial charge < -0.3 is 10.1 Å². The lowest BCUT2D eigenvalue weighted by atomic mass is 10.1. The van der Waals surface area contributed by atoms with Crippen LogP contribution in [0, 0.1) is 11.6 Å². The molecule has 0 unspecified atom stereocenters. The van der Waals surface area contributed by atoms with E-state index in [4.69, 9.17) is 4.74 Å². The van der Waals surface area contributed by atoms with Gasteiger partial charge in [0.25, 0.3) is 5.91 Å². The minimum Gasteiger partial charge on any atom is -0.483 e. The van der Waals surface area contributed by atoms with Crippen LogP contribution in [0.4, 0.5) is 14.5 Å².